The van der Waals surface area contributed by atoms with E-state index < -0.39 is 144 Å². The molecule has 0 bridgehead atoms. The second kappa shape index (κ2) is 11.9. The number of allylic oxidation sites excluding steroid dienone is 6. The van der Waals surface area contributed by atoms with Crippen molar-refractivity contribution < 1.29 is 74.6 Å². The van der Waals surface area contributed by atoms with Crippen LogP contribution in [0.5, 0.6) is 0 Å². The summed E-state index contributed by atoms with van der Waals surface area (Å²) in [5.41, 5.74) is -19.9. The van der Waals surface area contributed by atoms with E-state index in [-0.39, 0.29) is 0 Å². The Morgan fingerprint density at radius 2 is 0.633 bits per heavy atom. The number of nitrogens with zero attached hydrogens (tertiary/aromatic N) is 2. The highest BCUT2D eigenvalue weighted by atomic mass is 19.4. The molecule has 264 valence electrons. The van der Waals surface area contributed by atoms with Crippen molar-refractivity contribution in [2.75, 3.05) is 0 Å². The molecule has 0 radical (unpaired) electrons. The fourth-order valence-corrected chi connectivity index (χ4v) is 5.18. The maximum atomic E-state index is 15.0. The van der Waals surface area contributed by atoms with Gasteiger partial charge in [0, 0.05) is 16.7 Å². The van der Waals surface area contributed by atoms with Gasteiger partial charge in [0.15, 0.2) is 57.9 Å². The van der Waals surface area contributed by atoms with Gasteiger partial charge in [-0.1, -0.05) is 0 Å². The van der Waals surface area contributed by atoms with Crippen molar-refractivity contribution in [1.29, 1.82) is 0 Å². The van der Waals surface area contributed by atoms with Crippen LogP contribution in [0.25, 0.3) is 16.7 Å². The zero-order valence-corrected chi connectivity index (χ0v) is 24.8. The Kier molecular flexibility index (Phi) is 9.04. The van der Waals surface area contributed by atoms with Crippen molar-refractivity contribution in [1.82, 2.24) is 9.97 Å². The highest BCUT2D eigenvalue weighted by Gasteiger charge is 2.50. The van der Waals surface area contributed by atoms with Crippen molar-refractivity contribution in [2.45, 2.75) is 53.1 Å². The van der Waals surface area contributed by atoms with Gasteiger partial charge in [0.25, 0.3) is 0 Å². The Morgan fingerprint density at radius 1 is 0.388 bits per heavy atom. The molecule has 1 heterocycles. The first kappa shape index (κ1) is 37.4. The lowest BCUT2D eigenvalue weighted by molar-refractivity contribution is -0.159. The summed E-state index contributed by atoms with van der Waals surface area (Å²) >= 11 is 0. The van der Waals surface area contributed by atoms with Gasteiger partial charge in [-0.2, -0.15) is 39.5 Å². The van der Waals surface area contributed by atoms with E-state index in [1.807, 2.05) is 0 Å². The molecule has 1 aliphatic rings. The van der Waals surface area contributed by atoms with Crippen LogP contribution in [-0.4, -0.2) is 9.97 Å². The number of aromatic nitrogens is 2. The van der Waals surface area contributed by atoms with Gasteiger partial charge in [0.05, 0.1) is 11.1 Å². The van der Waals surface area contributed by atoms with Crippen LogP contribution in [0.3, 0.4) is 0 Å². The zero-order chi connectivity index (χ0) is 37.6. The Hall–Kier alpha value is -4.45. The normalized spacial score (nSPS) is 16.0. The minimum Gasteiger partial charge on any atom is -0.219 e. The van der Waals surface area contributed by atoms with Crippen molar-refractivity contribution in [2.24, 2.45) is 0 Å². The van der Waals surface area contributed by atoms with Gasteiger partial charge in [-0.25, -0.2) is 45.1 Å². The maximum absolute atomic E-state index is 15.0. The number of halogens is 17. The average molecular weight is 726 g/mol. The van der Waals surface area contributed by atoms with Crippen LogP contribution in [0.1, 0.15) is 65.8 Å². The average Bonchev–Trinajstić information content (AvgIpc) is 3.74. The van der Waals surface area contributed by atoms with Gasteiger partial charge in [-0.3, -0.25) is 0 Å². The van der Waals surface area contributed by atoms with Crippen molar-refractivity contribution in [3.63, 3.8) is 0 Å². The lowest BCUT2D eigenvalue weighted by atomic mass is 9.98. The minimum absolute atomic E-state index is 0.394. The molecule has 0 amide bonds. The molecule has 0 atom stereocenters. The summed E-state index contributed by atoms with van der Waals surface area (Å²) in [5.74, 6) is -19.5. The summed E-state index contributed by atoms with van der Waals surface area (Å²) in [5, 5.41) is 0. The van der Waals surface area contributed by atoms with E-state index in [1.165, 1.54) is 0 Å². The molecule has 3 aromatic rings. The van der Waals surface area contributed by atoms with Crippen LogP contribution in [0.2, 0.25) is 0 Å². The lowest BCUT2D eigenvalue weighted by Crippen LogP contribution is -2.25. The summed E-state index contributed by atoms with van der Waals surface area (Å²) in [7, 11) is 0. The van der Waals surface area contributed by atoms with Crippen LogP contribution < -0.4 is 0 Å². The van der Waals surface area contributed by atoms with E-state index in [4.69, 9.17) is 0 Å². The largest absolute Gasteiger partial charge is 0.451 e. The molecular weight excluding hydrogens is 711 g/mol. The molecule has 2 aromatic carbocycles. The molecule has 0 saturated heterocycles. The van der Waals surface area contributed by atoms with Gasteiger partial charge in [-0.15, -0.1) is 0 Å². The molecule has 0 aliphatic heterocycles. The topological polar surface area (TPSA) is 25.8 Å². The standard InChI is InChI=1S/C30H15F17N2/c1-6(14-21(35)17(31)9(4)18(32)22(14)36)11-12(7(2)15-23(37)19(33)10(5)20(34)24(15)38)13(11)8(3)16-25(28(39,40)41)48-27(30(45,46)47)49-26(16)29(42,43)44/h1-5H3. The van der Waals surface area contributed by atoms with E-state index >= 15 is 17.6 Å². The van der Waals surface area contributed by atoms with E-state index in [0.29, 0.717) is 34.6 Å². The second-order valence-electron chi connectivity index (χ2n) is 10.6. The van der Waals surface area contributed by atoms with Crippen LogP contribution >= 0.6 is 0 Å². The van der Waals surface area contributed by atoms with Crippen LogP contribution in [0.4, 0.5) is 74.6 Å². The lowest BCUT2D eigenvalue weighted by Gasteiger charge is -2.19. The Bertz CT molecular complexity index is 1850. The molecular formula is C30H15F17N2. The summed E-state index contributed by atoms with van der Waals surface area (Å²) in [6, 6.07) is 0. The molecule has 0 unspecified atom stereocenters. The van der Waals surface area contributed by atoms with Crippen molar-refractivity contribution >= 4 is 16.7 Å². The van der Waals surface area contributed by atoms with Crippen molar-refractivity contribution in [3.8, 4) is 0 Å². The Morgan fingerprint density at radius 3 is 0.857 bits per heavy atom. The molecule has 19 heteroatoms. The van der Waals surface area contributed by atoms with Gasteiger partial charge >= 0.3 is 18.5 Å². The highest BCUT2D eigenvalue weighted by Crippen LogP contribution is 2.58. The van der Waals surface area contributed by atoms with Crippen LogP contribution in [0.15, 0.2) is 16.7 Å². The summed E-state index contributed by atoms with van der Waals surface area (Å²) in [6.07, 6.45) is -18.2. The molecule has 0 N–H and O–H groups in total. The monoisotopic (exact) mass is 726 g/mol. The highest BCUT2D eigenvalue weighted by molar-refractivity contribution is 6.06. The fraction of sp³-hybridized carbons (Fsp3) is 0.267. The predicted octanol–water partition coefficient (Wildman–Crippen LogP) is 11.0. The van der Waals surface area contributed by atoms with Gasteiger partial charge in [0.2, 0.25) is 5.82 Å². The molecule has 1 aliphatic carbocycles. The minimum atomic E-state index is -6.10. The summed E-state index contributed by atoms with van der Waals surface area (Å²) in [4.78, 5) is 4.47. The van der Waals surface area contributed by atoms with Crippen LogP contribution in [-0.2, 0) is 18.5 Å². The summed E-state index contributed by atoms with van der Waals surface area (Å²) < 4.78 is 243. The fourth-order valence-electron chi connectivity index (χ4n) is 5.18. The first-order chi connectivity index (χ1) is 22.2. The summed E-state index contributed by atoms with van der Waals surface area (Å²) in [6.45, 7) is 2.84. The quantitative estimate of drug-likeness (QED) is 0.198. The third-order valence-corrected chi connectivity index (χ3v) is 7.60. The third-order valence-electron chi connectivity index (χ3n) is 7.60. The molecule has 0 spiro atoms. The number of hydrogen-bond donors (Lipinski definition) is 0. The number of benzene rings is 2. The Balaban J connectivity index is 2.30. The van der Waals surface area contributed by atoms with Gasteiger partial charge < -0.3 is 0 Å². The van der Waals surface area contributed by atoms with Crippen molar-refractivity contribution in [3.05, 3.63) is 108 Å². The third kappa shape index (κ3) is 6.04. The molecule has 49 heavy (non-hydrogen) atoms. The van der Waals surface area contributed by atoms with E-state index in [9.17, 15) is 57.1 Å². The van der Waals surface area contributed by atoms with E-state index in [1.54, 1.807) is 0 Å². The van der Waals surface area contributed by atoms with E-state index in [2.05, 4.69) is 9.97 Å². The van der Waals surface area contributed by atoms with Crippen LogP contribution in [0, 0.1) is 60.4 Å². The number of rotatable bonds is 3. The second-order valence-corrected chi connectivity index (χ2v) is 10.6. The molecule has 1 saturated carbocycles. The SMILES string of the molecule is CC(=C1C(=C(C)c2c(F)c(F)c(C)c(F)c2F)C1=C(C)c1c(F)c(F)c(C)c(F)c1F)c1c(C(F)(F)F)nc(C(F)(F)F)nc1C(F)(F)F. The number of alkyl halides is 9. The molecule has 1 aromatic heterocycles. The van der Waals surface area contributed by atoms with Gasteiger partial charge in [-0.05, 0) is 68.1 Å². The van der Waals surface area contributed by atoms with E-state index in [0.717, 1.165) is 0 Å². The first-order valence-corrected chi connectivity index (χ1v) is 13.1. The smallest absolute Gasteiger partial charge is 0.219 e. The molecule has 4 rings (SSSR count). The Labute approximate surface area is 263 Å². The molecule has 1 fully saturated rings. The predicted molar refractivity (Wildman–Crippen MR) is 137 cm³/mol. The molecule has 2 nitrogen and oxygen atoms in total. The maximum Gasteiger partial charge on any atom is 0.451 e. The van der Waals surface area contributed by atoms with Gasteiger partial charge in [0.1, 0.15) is 0 Å². The zero-order valence-electron chi connectivity index (χ0n) is 24.8. The first-order valence-electron chi connectivity index (χ1n) is 13.1. The number of hydrogen-bond acceptors (Lipinski definition) is 2.